The number of esters is 2. The van der Waals surface area contributed by atoms with Gasteiger partial charge in [-0.1, -0.05) is 24.3 Å². The summed E-state index contributed by atoms with van der Waals surface area (Å²) >= 11 is 4.28. The lowest BCUT2D eigenvalue weighted by atomic mass is 9.81. The third kappa shape index (κ3) is 2.91. The zero-order valence-electron chi connectivity index (χ0n) is 12.3. The highest BCUT2D eigenvalue weighted by Crippen LogP contribution is 2.52. The molecule has 6 heteroatoms. The van der Waals surface area contributed by atoms with Gasteiger partial charge >= 0.3 is 11.9 Å². The maximum absolute atomic E-state index is 12.7. The van der Waals surface area contributed by atoms with E-state index in [-0.39, 0.29) is 19.6 Å². The number of rotatable bonds is 4. The van der Waals surface area contributed by atoms with Gasteiger partial charge in [0.05, 0.1) is 14.8 Å². The van der Waals surface area contributed by atoms with Crippen molar-refractivity contribution >= 4 is 62.7 Å². The number of ether oxygens (including phenoxy) is 2. The van der Waals surface area contributed by atoms with E-state index in [0.29, 0.717) is 5.57 Å². The third-order valence-corrected chi connectivity index (χ3v) is 4.68. The number of halogens is 2. The van der Waals surface area contributed by atoms with Crippen LogP contribution in [-0.2, 0) is 25.5 Å². The van der Waals surface area contributed by atoms with Crippen LogP contribution in [0.25, 0.3) is 5.57 Å². The number of fused-ring (bicyclic) bond motifs is 1. The first-order valence-corrected chi connectivity index (χ1v) is 9.13. The summed E-state index contributed by atoms with van der Waals surface area (Å²) in [5.41, 5.74) is 1.18. The predicted molar refractivity (Wildman–Crippen MR) is 101 cm³/mol. The standard InChI is InChI=1S/C16H16I2O4/c1-3-21-14(19)16(15(20)22-4-2)9-10-7-5-6-8-11(10)12(16)13(17)18/h5-8H,3-4,9H2,1-2H3. The van der Waals surface area contributed by atoms with Gasteiger partial charge in [-0.25, -0.2) is 0 Å². The summed E-state index contributed by atoms with van der Waals surface area (Å²) in [6, 6.07) is 7.68. The predicted octanol–water partition coefficient (Wildman–Crippen LogP) is 3.89. The highest BCUT2D eigenvalue weighted by atomic mass is 127. The molecule has 0 fully saturated rings. The Morgan fingerprint density at radius 2 is 1.64 bits per heavy atom. The molecule has 0 N–H and O–H groups in total. The molecule has 2 rings (SSSR count). The van der Waals surface area contributed by atoms with Crippen LogP contribution < -0.4 is 0 Å². The van der Waals surface area contributed by atoms with Gasteiger partial charge in [-0.05, 0) is 70.2 Å². The van der Waals surface area contributed by atoms with Gasteiger partial charge in [0.1, 0.15) is 0 Å². The van der Waals surface area contributed by atoms with Crippen LogP contribution in [-0.4, -0.2) is 25.2 Å². The van der Waals surface area contributed by atoms with E-state index in [4.69, 9.17) is 9.47 Å². The van der Waals surface area contributed by atoms with Gasteiger partial charge < -0.3 is 9.47 Å². The maximum atomic E-state index is 12.7. The summed E-state index contributed by atoms with van der Waals surface area (Å²) in [6.07, 6.45) is 0.283. The van der Waals surface area contributed by atoms with Crippen LogP contribution in [0.5, 0.6) is 0 Å². The SMILES string of the molecule is CCOC(=O)C1(C(=O)OCC)Cc2ccccc2C1=C(I)I. The molecule has 0 radical (unpaired) electrons. The summed E-state index contributed by atoms with van der Waals surface area (Å²) in [7, 11) is 0. The largest absolute Gasteiger partial charge is 0.465 e. The molecule has 0 atom stereocenters. The Hall–Kier alpha value is -0.640. The summed E-state index contributed by atoms with van der Waals surface area (Å²) in [5, 5.41) is 0. The lowest BCUT2D eigenvalue weighted by molar-refractivity contribution is -0.166. The highest BCUT2D eigenvalue weighted by molar-refractivity contribution is 14.2. The minimum atomic E-state index is -1.40. The normalized spacial score (nSPS) is 15.2. The molecule has 0 unspecified atom stereocenters. The summed E-state index contributed by atoms with van der Waals surface area (Å²) in [5.74, 6) is -1.07. The van der Waals surface area contributed by atoms with Crippen molar-refractivity contribution in [2.24, 2.45) is 5.41 Å². The molecule has 0 aromatic heterocycles. The molecule has 0 bridgehead atoms. The molecule has 4 nitrogen and oxygen atoms in total. The topological polar surface area (TPSA) is 52.6 Å². The lowest BCUT2D eigenvalue weighted by Crippen LogP contribution is -2.42. The Bertz CT molecular complexity index is 615. The third-order valence-electron chi connectivity index (χ3n) is 3.61. The summed E-state index contributed by atoms with van der Waals surface area (Å²) in [4.78, 5) is 25.4. The molecule has 1 aromatic rings. The number of benzene rings is 1. The molecule has 1 aromatic carbocycles. The van der Waals surface area contributed by atoms with Crippen molar-refractivity contribution < 1.29 is 19.1 Å². The Labute approximate surface area is 156 Å². The minimum absolute atomic E-state index is 0.224. The van der Waals surface area contributed by atoms with E-state index in [0.717, 1.165) is 12.7 Å². The van der Waals surface area contributed by atoms with E-state index in [1.807, 2.05) is 24.3 Å². The fourth-order valence-corrected chi connectivity index (χ4v) is 4.23. The number of carbonyl (C=O) groups excluding carboxylic acids is 2. The first-order chi connectivity index (χ1) is 10.5. The zero-order chi connectivity index (χ0) is 16.3. The van der Waals surface area contributed by atoms with E-state index in [2.05, 4.69) is 45.2 Å². The maximum Gasteiger partial charge on any atom is 0.328 e. The number of carbonyl (C=O) groups is 2. The van der Waals surface area contributed by atoms with E-state index in [1.165, 1.54) is 0 Å². The Kier molecular flexibility index (Phi) is 5.87. The molecule has 118 valence electrons. The zero-order valence-corrected chi connectivity index (χ0v) is 16.6. The monoisotopic (exact) mass is 526 g/mol. The molecule has 0 spiro atoms. The number of hydrogen-bond donors (Lipinski definition) is 0. The molecular weight excluding hydrogens is 510 g/mol. The average Bonchev–Trinajstić information content (AvgIpc) is 2.84. The van der Waals surface area contributed by atoms with Gasteiger partial charge in [-0.3, -0.25) is 9.59 Å². The number of hydrogen-bond acceptors (Lipinski definition) is 4. The molecular formula is C16H16I2O4. The smallest absolute Gasteiger partial charge is 0.328 e. The van der Waals surface area contributed by atoms with Crippen molar-refractivity contribution in [2.75, 3.05) is 13.2 Å². The van der Waals surface area contributed by atoms with Gasteiger partial charge in [0.15, 0.2) is 5.41 Å². The Morgan fingerprint density at radius 1 is 1.09 bits per heavy atom. The van der Waals surface area contributed by atoms with E-state index in [9.17, 15) is 9.59 Å². The fraction of sp³-hybridized carbons (Fsp3) is 0.375. The van der Waals surface area contributed by atoms with Crippen LogP contribution in [0.2, 0.25) is 0 Å². The van der Waals surface area contributed by atoms with E-state index in [1.54, 1.807) is 13.8 Å². The first kappa shape index (κ1) is 17.7. The van der Waals surface area contributed by atoms with Crippen LogP contribution in [0.15, 0.2) is 25.9 Å². The quantitative estimate of drug-likeness (QED) is 0.340. The molecule has 1 aliphatic carbocycles. The molecule has 0 aliphatic heterocycles. The summed E-state index contributed by atoms with van der Waals surface area (Å²) in [6.45, 7) is 3.91. The second-order valence-corrected chi connectivity index (χ2v) is 9.04. The fourth-order valence-electron chi connectivity index (χ4n) is 2.73. The summed E-state index contributed by atoms with van der Waals surface area (Å²) < 4.78 is 11.3. The van der Waals surface area contributed by atoms with Crippen molar-refractivity contribution in [1.29, 1.82) is 0 Å². The van der Waals surface area contributed by atoms with Gasteiger partial charge in [0.25, 0.3) is 0 Å². The van der Waals surface area contributed by atoms with E-state index < -0.39 is 17.4 Å². The second-order valence-electron chi connectivity index (χ2n) is 4.82. The molecule has 0 heterocycles. The van der Waals surface area contributed by atoms with Gasteiger partial charge in [0, 0.05) is 12.0 Å². The molecule has 0 saturated heterocycles. The Morgan fingerprint density at radius 3 is 2.14 bits per heavy atom. The molecule has 22 heavy (non-hydrogen) atoms. The minimum Gasteiger partial charge on any atom is -0.465 e. The van der Waals surface area contributed by atoms with Crippen molar-refractivity contribution in [1.82, 2.24) is 0 Å². The van der Waals surface area contributed by atoms with Crippen molar-refractivity contribution in [3.8, 4) is 0 Å². The molecule has 1 aliphatic rings. The van der Waals surface area contributed by atoms with Crippen LogP contribution in [0.4, 0.5) is 0 Å². The molecule has 0 amide bonds. The van der Waals surface area contributed by atoms with E-state index >= 15 is 0 Å². The van der Waals surface area contributed by atoms with Crippen molar-refractivity contribution in [3.05, 3.63) is 37.0 Å². The van der Waals surface area contributed by atoms with Gasteiger partial charge in [-0.15, -0.1) is 0 Å². The van der Waals surface area contributed by atoms with Gasteiger partial charge in [0.2, 0.25) is 0 Å². The van der Waals surface area contributed by atoms with Crippen LogP contribution in [0.3, 0.4) is 0 Å². The second kappa shape index (κ2) is 7.29. The van der Waals surface area contributed by atoms with Gasteiger partial charge in [-0.2, -0.15) is 0 Å². The molecule has 0 saturated carbocycles. The van der Waals surface area contributed by atoms with Crippen molar-refractivity contribution in [3.63, 3.8) is 0 Å². The van der Waals surface area contributed by atoms with Crippen LogP contribution in [0, 0.1) is 5.41 Å². The highest BCUT2D eigenvalue weighted by Gasteiger charge is 2.57. The first-order valence-electron chi connectivity index (χ1n) is 6.97. The average molecular weight is 526 g/mol. The Balaban J connectivity index is 2.66. The van der Waals surface area contributed by atoms with Crippen LogP contribution in [0.1, 0.15) is 25.0 Å². The lowest BCUT2D eigenvalue weighted by Gasteiger charge is -2.26. The van der Waals surface area contributed by atoms with Crippen LogP contribution >= 0.6 is 45.2 Å². The van der Waals surface area contributed by atoms with Crippen molar-refractivity contribution in [2.45, 2.75) is 20.3 Å².